The SMILES string of the molecule is Cn1cc(-c2cc(C(C)(C)O)ccc2OC(C)(C)CN2CC(OC3CCNCC3)C2)c2cc[nH]c2c1=O. The molecule has 8 heteroatoms. The summed E-state index contributed by atoms with van der Waals surface area (Å²) in [7, 11) is 1.75. The third-order valence-corrected chi connectivity index (χ3v) is 7.46. The molecule has 0 amide bonds. The van der Waals surface area contributed by atoms with Gasteiger partial charge in [-0.3, -0.25) is 9.69 Å². The maximum absolute atomic E-state index is 12.7. The Morgan fingerprint density at radius 2 is 1.78 bits per heavy atom. The number of aliphatic hydroxyl groups is 1. The van der Waals surface area contributed by atoms with Gasteiger partial charge >= 0.3 is 0 Å². The van der Waals surface area contributed by atoms with Gasteiger partial charge < -0.3 is 29.4 Å². The quantitative estimate of drug-likeness (QED) is 0.432. The van der Waals surface area contributed by atoms with Crippen molar-refractivity contribution in [2.75, 3.05) is 32.7 Å². The van der Waals surface area contributed by atoms with Crippen LogP contribution in [0.15, 0.2) is 41.5 Å². The van der Waals surface area contributed by atoms with Gasteiger partial charge in [-0.15, -0.1) is 0 Å². The summed E-state index contributed by atoms with van der Waals surface area (Å²) in [4.78, 5) is 18.1. The van der Waals surface area contributed by atoms with E-state index in [-0.39, 0.29) is 5.56 Å². The predicted molar refractivity (Wildman–Crippen MR) is 146 cm³/mol. The predicted octanol–water partition coefficient (Wildman–Crippen LogP) is 3.37. The highest BCUT2D eigenvalue weighted by molar-refractivity contribution is 5.96. The van der Waals surface area contributed by atoms with Gasteiger partial charge in [-0.1, -0.05) is 6.07 Å². The Morgan fingerprint density at radius 3 is 2.49 bits per heavy atom. The van der Waals surface area contributed by atoms with E-state index in [1.54, 1.807) is 31.7 Å². The van der Waals surface area contributed by atoms with E-state index in [9.17, 15) is 9.90 Å². The average Bonchev–Trinajstić information content (AvgIpc) is 3.30. The van der Waals surface area contributed by atoms with E-state index in [4.69, 9.17) is 9.47 Å². The molecule has 1 aromatic carbocycles. The molecule has 2 aliphatic heterocycles. The summed E-state index contributed by atoms with van der Waals surface area (Å²) < 4.78 is 14.5. The number of aromatic nitrogens is 2. The summed E-state index contributed by atoms with van der Waals surface area (Å²) in [5.41, 5.74) is 1.53. The minimum atomic E-state index is -1.01. The van der Waals surface area contributed by atoms with Crippen molar-refractivity contribution in [3.8, 4) is 16.9 Å². The van der Waals surface area contributed by atoms with E-state index in [2.05, 4.69) is 29.0 Å². The number of hydrogen-bond acceptors (Lipinski definition) is 6. The molecule has 0 radical (unpaired) electrons. The van der Waals surface area contributed by atoms with Crippen molar-refractivity contribution in [2.45, 2.75) is 63.9 Å². The summed E-state index contributed by atoms with van der Waals surface area (Å²) in [5.74, 6) is 0.724. The number of likely N-dealkylation sites (tertiary alicyclic amines) is 1. The number of piperidine rings is 1. The van der Waals surface area contributed by atoms with Crippen LogP contribution in [0.1, 0.15) is 46.1 Å². The Labute approximate surface area is 218 Å². The topological polar surface area (TPSA) is 91.8 Å². The number of aromatic amines is 1. The lowest BCUT2D eigenvalue weighted by molar-refractivity contribution is -0.112. The summed E-state index contributed by atoms with van der Waals surface area (Å²) in [6, 6.07) is 7.75. The van der Waals surface area contributed by atoms with Crippen LogP contribution in [0.25, 0.3) is 22.0 Å². The standard InChI is InChI=1S/C29H40N4O4/c1-28(2,18-33-15-21(16-33)36-20-8-11-30-12-9-20)37-25-7-6-19(29(3,4)35)14-23(25)24-17-32(5)27(34)26-22(24)10-13-31-26/h6-7,10,13-14,17,20-21,30-31,35H,8-9,11-12,15-16,18H2,1-5H3. The molecule has 3 N–H and O–H groups in total. The fraction of sp³-hybridized carbons (Fsp3) is 0.552. The lowest BCUT2D eigenvalue weighted by Gasteiger charge is -2.44. The average molecular weight is 509 g/mol. The number of benzene rings is 1. The molecule has 0 bridgehead atoms. The highest BCUT2D eigenvalue weighted by Gasteiger charge is 2.35. The summed E-state index contributed by atoms with van der Waals surface area (Å²) >= 11 is 0. The molecule has 5 rings (SSSR count). The van der Waals surface area contributed by atoms with Crippen molar-refractivity contribution in [3.63, 3.8) is 0 Å². The number of pyridine rings is 1. The van der Waals surface area contributed by atoms with Crippen LogP contribution in [0.4, 0.5) is 0 Å². The molecule has 2 fully saturated rings. The van der Waals surface area contributed by atoms with Crippen LogP contribution in [0.2, 0.25) is 0 Å². The fourth-order valence-electron chi connectivity index (χ4n) is 5.50. The zero-order valence-electron chi connectivity index (χ0n) is 22.6. The number of rotatable bonds is 8. The third kappa shape index (κ3) is 5.62. The molecule has 2 saturated heterocycles. The Hall–Kier alpha value is -2.65. The Balaban J connectivity index is 1.37. The van der Waals surface area contributed by atoms with Crippen LogP contribution in [0.5, 0.6) is 5.75 Å². The summed E-state index contributed by atoms with van der Waals surface area (Å²) in [5, 5.41) is 15.0. The lowest BCUT2D eigenvalue weighted by atomic mass is 9.93. The van der Waals surface area contributed by atoms with Crippen molar-refractivity contribution in [1.82, 2.24) is 19.8 Å². The molecular weight excluding hydrogens is 468 g/mol. The molecular formula is C29H40N4O4. The van der Waals surface area contributed by atoms with Gasteiger partial charge in [0.05, 0.1) is 17.8 Å². The van der Waals surface area contributed by atoms with Crippen molar-refractivity contribution in [1.29, 1.82) is 0 Å². The van der Waals surface area contributed by atoms with E-state index in [0.717, 1.165) is 73.4 Å². The van der Waals surface area contributed by atoms with E-state index in [1.807, 2.05) is 30.5 Å². The first-order valence-electron chi connectivity index (χ1n) is 13.3. The first-order valence-corrected chi connectivity index (χ1v) is 13.3. The molecule has 4 heterocycles. The molecule has 3 aromatic rings. The normalized spacial score (nSPS) is 18.3. The summed E-state index contributed by atoms with van der Waals surface area (Å²) in [6.45, 7) is 12.5. The van der Waals surface area contributed by atoms with Gasteiger partial charge in [-0.25, -0.2) is 0 Å². The first kappa shape index (κ1) is 26.0. The van der Waals surface area contributed by atoms with Gasteiger partial charge in [0.15, 0.2) is 0 Å². The number of ether oxygens (including phenoxy) is 2. The largest absolute Gasteiger partial charge is 0.486 e. The molecule has 0 atom stereocenters. The van der Waals surface area contributed by atoms with Crippen LogP contribution in [-0.4, -0.2) is 70.1 Å². The van der Waals surface area contributed by atoms with Gasteiger partial charge in [0.1, 0.15) is 16.9 Å². The second-order valence-electron chi connectivity index (χ2n) is 11.8. The monoisotopic (exact) mass is 508 g/mol. The van der Waals surface area contributed by atoms with E-state index in [0.29, 0.717) is 17.7 Å². The Morgan fingerprint density at radius 1 is 1.05 bits per heavy atom. The number of nitrogens with zero attached hydrogens (tertiary/aromatic N) is 2. The highest BCUT2D eigenvalue weighted by Crippen LogP contribution is 2.38. The van der Waals surface area contributed by atoms with Crippen molar-refractivity contribution < 1.29 is 14.6 Å². The Kier molecular flexibility index (Phi) is 6.96. The van der Waals surface area contributed by atoms with Gasteiger partial charge in [-0.05, 0) is 77.4 Å². The molecule has 2 aromatic heterocycles. The number of hydrogen-bond donors (Lipinski definition) is 3. The van der Waals surface area contributed by atoms with Gasteiger partial charge in [0.25, 0.3) is 5.56 Å². The van der Waals surface area contributed by atoms with E-state index < -0.39 is 11.2 Å². The number of H-pyrrole nitrogens is 1. The first-order chi connectivity index (χ1) is 17.5. The smallest absolute Gasteiger partial charge is 0.274 e. The molecule has 0 spiro atoms. The second kappa shape index (κ2) is 9.91. The van der Waals surface area contributed by atoms with E-state index in [1.165, 1.54) is 0 Å². The van der Waals surface area contributed by atoms with Crippen molar-refractivity contribution >= 4 is 10.9 Å². The maximum atomic E-state index is 12.7. The van der Waals surface area contributed by atoms with Crippen molar-refractivity contribution in [2.24, 2.45) is 7.05 Å². The van der Waals surface area contributed by atoms with Crippen LogP contribution >= 0.6 is 0 Å². The second-order valence-corrected chi connectivity index (χ2v) is 11.8. The van der Waals surface area contributed by atoms with E-state index >= 15 is 0 Å². The lowest BCUT2D eigenvalue weighted by Crippen LogP contribution is -2.58. The van der Waals surface area contributed by atoms with Crippen molar-refractivity contribution in [3.05, 3.63) is 52.6 Å². The van der Waals surface area contributed by atoms with Gasteiger partial charge in [0, 0.05) is 55.6 Å². The molecule has 37 heavy (non-hydrogen) atoms. The van der Waals surface area contributed by atoms with Crippen LogP contribution < -0.4 is 15.6 Å². The van der Waals surface area contributed by atoms with Crippen LogP contribution in [-0.2, 0) is 17.4 Å². The highest BCUT2D eigenvalue weighted by atomic mass is 16.5. The maximum Gasteiger partial charge on any atom is 0.274 e. The Bertz CT molecular complexity index is 1310. The third-order valence-electron chi connectivity index (χ3n) is 7.46. The molecule has 0 aliphatic carbocycles. The van der Waals surface area contributed by atoms with Crippen LogP contribution in [0, 0.1) is 0 Å². The van der Waals surface area contributed by atoms with Crippen LogP contribution in [0.3, 0.4) is 0 Å². The molecule has 8 nitrogen and oxygen atoms in total. The minimum absolute atomic E-state index is 0.0794. The number of aryl methyl sites for hydroxylation is 1. The number of nitrogens with one attached hydrogen (secondary N) is 2. The number of fused-ring (bicyclic) bond motifs is 1. The molecule has 0 saturated carbocycles. The summed E-state index contributed by atoms with van der Waals surface area (Å²) in [6.07, 6.45) is 6.49. The zero-order chi connectivity index (χ0) is 26.4. The minimum Gasteiger partial charge on any atom is -0.486 e. The zero-order valence-corrected chi connectivity index (χ0v) is 22.6. The van der Waals surface area contributed by atoms with Gasteiger partial charge in [-0.2, -0.15) is 0 Å². The van der Waals surface area contributed by atoms with Gasteiger partial charge in [0.2, 0.25) is 0 Å². The fourth-order valence-corrected chi connectivity index (χ4v) is 5.50. The molecule has 200 valence electrons. The molecule has 0 unspecified atom stereocenters. The molecule has 2 aliphatic rings.